The van der Waals surface area contributed by atoms with Gasteiger partial charge < -0.3 is 10.2 Å². The molecular weight excluding hydrogens is 462 g/mol. The Morgan fingerprint density at radius 3 is 2.18 bits per heavy atom. The van der Waals surface area contributed by atoms with E-state index in [1.54, 1.807) is 43.3 Å². The zero-order valence-corrected chi connectivity index (χ0v) is 21.5. The van der Waals surface area contributed by atoms with Gasteiger partial charge in [-0.25, -0.2) is 8.42 Å². The second kappa shape index (κ2) is 10.6. The number of benzene rings is 2. The Labute approximate surface area is 201 Å². The van der Waals surface area contributed by atoms with Crippen LogP contribution in [0.2, 0.25) is 5.02 Å². The molecule has 2 amide bonds. The van der Waals surface area contributed by atoms with Crippen LogP contribution in [0.3, 0.4) is 0 Å². The highest BCUT2D eigenvalue weighted by atomic mass is 35.5. The Morgan fingerprint density at radius 2 is 1.70 bits per heavy atom. The minimum atomic E-state index is -3.76. The maximum Gasteiger partial charge on any atom is 0.244 e. The minimum Gasteiger partial charge on any atom is -0.357 e. The Balaban J connectivity index is 2.39. The molecular formula is C24H32ClN3O4S. The SMILES string of the molecule is CNC(=O)[C@H](C)N(Cc1cccc(Cl)c1)C(=O)CN(c1ccc(C(C)(C)C)cc1)S(C)(=O)=O. The molecule has 33 heavy (non-hydrogen) atoms. The topological polar surface area (TPSA) is 86.8 Å². The molecule has 0 unspecified atom stereocenters. The van der Waals surface area contributed by atoms with Gasteiger partial charge in [0, 0.05) is 18.6 Å². The maximum absolute atomic E-state index is 13.4. The fourth-order valence-corrected chi connectivity index (χ4v) is 4.43. The van der Waals surface area contributed by atoms with Crippen LogP contribution in [0.5, 0.6) is 0 Å². The monoisotopic (exact) mass is 493 g/mol. The Hall–Kier alpha value is -2.58. The van der Waals surface area contributed by atoms with Crippen molar-refractivity contribution in [3.63, 3.8) is 0 Å². The molecule has 0 aliphatic heterocycles. The van der Waals surface area contributed by atoms with Crippen LogP contribution in [0.15, 0.2) is 48.5 Å². The molecule has 1 atom stereocenters. The summed E-state index contributed by atoms with van der Waals surface area (Å²) in [4.78, 5) is 27.0. The number of carbonyl (C=O) groups is 2. The summed E-state index contributed by atoms with van der Waals surface area (Å²) in [5.74, 6) is -0.859. The quantitative estimate of drug-likeness (QED) is 0.609. The van der Waals surface area contributed by atoms with Crippen LogP contribution in [0.4, 0.5) is 5.69 Å². The van der Waals surface area contributed by atoms with Crippen LogP contribution in [0.25, 0.3) is 0 Å². The number of nitrogens with one attached hydrogen (secondary N) is 1. The van der Waals surface area contributed by atoms with E-state index in [1.807, 2.05) is 12.1 Å². The third-order valence-corrected chi connectivity index (χ3v) is 6.73. The van der Waals surface area contributed by atoms with Gasteiger partial charge in [0.25, 0.3) is 0 Å². The van der Waals surface area contributed by atoms with Crippen LogP contribution in [0.1, 0.15) is 38.8 Å². The number of sulfonamides is 1. The lowest BCUT2D eigenvalue weighted by atomic mass is 9.87. The molecule has 7 nitrogen and oxygen atoms in total. The van der Waals surface area contributed by atoms with Gasteiger partial charge in [-0.05, 0) is 47.7 Å². The molecule has 0 fully saturated rings. The number of rotatable bonds is 8. The average molecular weight is 494 g/mol. The summed E-state index contributed by atoms with van der Waals surface area (Å²) in [6, 6.07) is 13.3. The molecule has 0 bridgehead atoms. The second-order valence-electron chi connectivity index (χ2n) is 9.01. The van der Waals surface area contributed by atoms with Gasteiger partial charge in [0.2, 0.25) is 21.8 Å². The third-order valence-electron chi connectivity index (χ3n) is 5.36. The molecule has 0 aromatic heterocycles. The van der Waals surface area contributed by atoms with E-state index >= 15 is 0 Å². The highest BCUT2D eigenvalue weighted by Gasteiger charge is 2.30. The van der Waals surface area contributed by atoms with Crippen molar-refractivity contribution in [2.45, 2.75) is 45.7 Å². The van der Waals surface area contributed by atoms with Gasteiger partial charge in [0.1, 0.15) is 12.6 Å². The van der Waals surface area contributed by atoms with Gasteiger partial charge in [-0.2, -0.15) is 0 Å². The van der Waals surface area contributed by atoms with E-state index in [0.29, 0.717) is 10.7 Å². The molecule has 2 rings (SSSR count). The molecule has 0 saturated carbocycles. The molecule has 2 aromatic rings. The number of carbonyl (C=O) groups excluding carboxylic acids is 2. The first-order valence-corrected chi connectivity index (χ1v) is 12.8. The zero-order valence-electron chi connectivity index (χ0n) is 19.9. The number of anilines is 1. The fourth-order valence-electron chi connectivity index (χ4n) is 3.36. The lowest BCUT2D eigenvalue weighted by Crippen LogP contribution is -2.50. The normalized spacial score (nSPS) is 12.7. The number of halogens is 1. The van der Waals surface area contributed by atoms with E-state index in [4.69, 9.17) is 11.6 Å². The number of likely N-dealkylation sites (N-methyl/N-ethyl adjacent to an activating group) is 1. The fraction of sp³-hybridized carbons (Fsp3) is 0.417. The summed E-state index contributed by atoms with van der Waals surface area (Å²) in [6.07, 6.45) is 1.06. The maximum atomic E-state index is 13.4. The summed E-state index contributed by atoms with van der Waals surface area (Å²) in [5, 5.41) is 3.05. The van der Waals surface area contributed by atoms with Gasteiger partial charge in [0.15, 0.2) is 0 Å². The smallest absolute Gasteiger partial charge is 0.244 e. The first-order valence-electron chi connectivity index (χ1n) is 10.6. The first-order chi connectivity index (χ1) is 15.2. The van der Waals surface area contributed by atoms with Crippen LogP contribution < -0.4 is 9.62 Å². The summed E-state index contributed by atoms with van der Waals surface area (Å²) in [7, 11) is -2.28. The van der Waals surface area contributed by atoms with Crippen LogP contribution in [-0.4, -0.2) is 51.0 Å². The summed E-state index contributed by atoms with van der Waals surface area (Å²) in [6.45, 7) is 7.46. The van der Waals surface area contributed by atoms with Crippen molar-refractivity contribution in [1.29, 1.82) is 0 Å². The van der Waals surface area contributed by atoms with Crippen molar-refractivity contribution in [2.24, 2.45) is 0 Å². The third kappa shape index (κ3) is 7.20. The second-order valence-corrected chi connectivity index (χ2v) is 11.4. The number of hydrogen-bond donors (Lipinski definition) is 1. The Morgan fingerprint density at radius 1 is 1.09 bits per heavy atom. The van der Waals surface area contributed by atoms with Crippen molar-refractivity contribution in [1.82, 2.24) is 10.2 Å². The van der Waals surface area contributed by atoms with Crippen molar-refractivity contribution in [3.05, 3.63) is 64.7 Å². The molecule has 0 spiro atoms. The number of nitrogens with zero attached hydrogens (tertiary/aromatic N) is 2. The van der Waals surface area contributed by atoms with Crippen molar-refractivity contribution < 1.29 is 18.0 Å². The minimum absolute atomic E-state index is 0.0963. The van der Waals surface area contributed by atoms with Gasteiger partial charge in [0.05, 0.1) is 11.9 Å². The lowest BCUT2D eigenvalue weighted by Gasteiger charge is -2.31. The highest BCUT2D eigenvalue weighted by Crippen LogP contribution is 2.26. The van der Waals surface area contributed by atoms with Crippen molar-refractivity contribution >= 4 is 39.1 Å². The largest absolute Gasteiger partial charge is 0.357 e. The van der Waals surface area contributed by atoms with Crippen LogP contribution in [0, 0.1) is 0 Å². The molecule has 0 saturated heterocycles. The first kappa shape index (κ1) is 26.7. The van der Waals surface area contributed by atoms with Crippen molar-refractivity contribution in [2.75, 3.05) is 24.2 Å². The van der Waals surface area contributed by atoms with Crippen LogP contribution >= 0.6 is 11.6 Å². The van der Waals surface area contributed by atoms with Gasteiger partial charge >= 0.3 is 0 Å². The molecule has 1 N–H and O–H groups in total. The number of hydrogen-bond acceptors (Lipinski definition) is 4. The Kier molecular flexibility index (Phi) is 8.54. The molecule has 0 radical (unpaired) electrons. The number of amides is 2. The predicted molar refractivity (Wildman–Crippen MR) is 133 cm³/mol. The van der Waals surface area contributed by atoms with E-state index in [-0.39, 0.29) is 17.9 Å². The van der Waals surface area contributed by atoms with Gasteiger partial charge in [-0.1, -0.05) is 56.6 Å². The summed E-state index contributed by atoms with van der Waals surface area (Å²) >= 11 is 6.08. The standard InChI is InChI=1S/C24H32ClN3O4S/c1-17(23(30)26-5)27(15-18-8-7-9-20(25)14-18)22(29)16-28(33(6,31)32)21-12-10-19(11-13-21)24(2,3)4/h7-14,17H,15-16H2,1-6H3,(H,26,30)/t17-/m0/s1. The summed E-state index contributed by atoms with van der Waals surface area (Å²) in [5.41, 5.74) is 2.06. The molecule has 0 aliphatic carbocycles. The summed E-state index contributed by atoms with van der Waals surface area (Å²) < 4.78 is 26.2. The molecule has 2 aromatic carbocycles. The molecule has 0 aliphatic rings. The molecule has 0 heterocycles. The zero-order chi connectivity index (χ0) is 25.0. The van der Waals surface area contributed by atoms with E-state index in [9.17, 15) is 18.0 Å². The molecule has 9 heteroatoms. The van der Waals surface area contributed by atoms with E-state index in [0.717, 1.165) is 21.7 Å². The lowest BCUT2D eigenvalue weighted by molar-refractivity contribution is -0.139. The van der Waals surface area contributed by atoms with E-state index in [1.165, 1.54) is 11.9 Å². The van der Waals surface area contributed by atoms with E-state index < -0.39 is 28.5 Å². The van der Waals surface area contributed by atoms with Crippen molar-refractivity contribution in [3.8, 4) is 0 Å². The highest BCUT2D eigenvalue weighted by molar-refractivity contribution is 7.92. The van der Waals surface area contributed by atoms with Crippen LogP contribution in [-0.2, 0) is 31.6 Å². The Bertz CT molecular complexity index is 1100. The average Bonchev–Trinajstić information content (AvgIpc) is 2.73. The van der Waals surface area contributed by atoms with Gasteiger partial charge in [-0.15, -0.1) is 0 Å². The van der Waals surface area contributed by atoms with Gasteiger partial charge in [-0.3, -0.25) is 13.9 Å². The molecule has 180 valence electrons. The van der Waals surface area contributed by atoms with E-state index in [2.05, 4.69) is 26.1 Å². The predicted octanol–water partition coefficient (Wildman–Crippen LogP) is 3.57.